The Morgan fingerprint density at radius 2 is 1.50 bits per heavy atom. The molecule has 2 N–H and O–H groups in total. The minimum atomic E-state index is 0.00144. The van der Waals surface area contributed by atoms with E-state index in [1.807, 2.05) is 0 Å². The van der Waals surface area contributed by atoms with Crippen LogP contribution >= 0.6 is 0 Å². The standard InChI is InChI=1S/C15H30N2O/c1-9(2)12-7-14(11(5)6)17-15(18)16-8-13(12)10(3)4/h9-14H,7-8H2,1-6H3,(H2,16,17,18). The van der Waals surface area contributed by atoms with Gasteiger partial charge in [0.25, 0.3) is 0 Å². The fourth-order valence-corrected chi connectivity index (χ4v) is 3.04. The molecule has 1 aliphatic heterocycles. The van der Waals surface area contributed by atoms with Gasteiger partial charge in [0.15, 0.2) is 0 Å². The number of hydrogen-bond acceptors (Lipinski definition) is 1. The van der Waals surface area contributed by atoms with Crippen molar-refractivity contribution in [3.8, 4) is 0 Å². The van der Waals surface area contributed by atoms with Gasteiger partial charge in [-0.15, -0.1) is 0 Å². The normalized spacial score (nSPS) is 30.1. The van der Waals surface area contributed by atoms with Gasteiger partial charge < -0.3 is 10.6 Å². The van der Waals surface area contributed by atoms with Gasteiger partial charge in [0.05, 0.1) is 0 Å². The maximum Gasteiger partial charge on any atom is 0.315 e. The fourth-order valence-electron chi connectivity index (χ4n) is 3.04. The van der Waals surface area contributed by atoms with E-state index in [9.17, 15) is 4.79 Å². The van der Waals surface area contributed by atoms with E-state index in [2.05, 4.69) is 52.2 Å². The van der Waals surface area contributed by atoms with Gasteiger partial charge in [-0.25, -0.2) is 4.79 Å². The first-order valence-electron chi connectivity index (χ1n) is 7.37. The highest BCUT2D eigenvalue weighted by molar-refractivity contribution is 5.74. The first-order valence-corrected chi connectivity index (χ1v) is 7.37. The molecule has 0 aliphatic carbocycles. The Kier molecular flexibility index (Phi) is 5.48. The maximum absolute atomic E-state index is 11.8. The van der Waals surface area contributed by atoms with Crippen LogP contribution in [0.1, 0.15) is 48.0 Å². The van der Waals surface area contributed by atoms with E-state index in [0.717, 1.165) is 13.0 Å². The van der Waals surface area contributed by atoms with Gasteiger partial charge in [-0.1, -0.05) is 41.5 Å². The summed E-state index contributed by atoms with van der Waals surface area (Å²) in [7, 11) is 0. The lowest BCUT2D eigenvalue weighted by molar-refractivity contribution is 0.140. The van der Waals surface area contributed by atoms with Crippen LogP contribution in [0, 0.1) is 29.6 Å². The van der Waals surface area contributed by atoms with Crippen LogP contribution in [0.2, 0.25) is 0 Å². The van der Waals surface area contributed by atoms with Crippen molar-refractivity contribution >= 4 is 6.03 Å². The molecular weight excluding hydrogens is 224 g/mol. The lowest BCUT2D eigenvalue weighted by atomic mass is 9.72. The smallest absolute Gasteiger partial charge is 0.315 e. The molecule has 0 saturated carbocycles. The molecule has 0 aromatic rings. The minimum Gasteiger partial charge on any atom is -0.338 e. The van der Waals surface area contributed by atoms with Crippen LogP contribution in [-0.4, -0.2) is 18.6 Å². The highest BCUT2D eigenvalue weighted by atomic mass is 16.2. The molecule has 3 unspecified atom stereocenters. The molecule has 18 heavy (non-hydrogen) atoms. The molecule has 3 heteroatoms. The molecule has 1 saturated heterocycles. The molecule has 106 valence electrons. The van der Waals surface area contributed by atoms with Crippen molar-refractivity contribution in [2.24, 2.45) is 29.6 Å². The highest BCUT2D eigenvalue weighted by Crippen LogP contribution is 2.33. The number of carbonyl (C=O) groups is 1. The molecular formula is C15H30N2O. The third-order valence-corrected chi connectivity index (χ3v) is 4.41. The molecule has 0 aromatic carbocycles. The number of nitrogens with one attached hydrogen (secondary N) is 2. The Balaban J connectivity index is 2.89. The first kappa shape index (κ1) is 15.3. The number of hydrogen-bond donors (Lipinski definition) is 2. The van der Waals surface area contributed by atoms with E-state index in [1.54, 1.807) is 0 Å². The van der Waals surface area contributed by atoms with E-state index in [4.69, 9.17) is 0 Å². The second kappa shape index (κ2) is 6.44. The SMILES string of the molecule is CC(C)C1CC(C(C)C)C(C(C)C)CNC(=O)N1. The number of rotatable bonds is 3. The largest absolute Gasteiger partial charge is 0.338 e. The van der Waals surface area contributed by atoms with E-state index in [-0.39, 0.29) is 6.03 Å². The van der Waals surface area contributed by atoms with Crippen molar-refractivity contribution < 1.29 is 4.79 Å². The third kappa shape index (κ3) is 3.89. The van der Waals surface area contributed by atoms with Crippen molar-refractivity contribution in [1.82, 2.24) is 10.6 Å². The van der Waals surface area contributed by atoms with Crippen molar-refractivity contribution in [3.05, 3.63) is 0 Å². The number of amides is 2. The maximum atomic E-state index is 11.8. The summed E-state index contributed by atoms with van der Waals surface area (Å²) in [5.74, 6) is 3.02. The van der Waals surface area contributed by atoms with Crippen LogP contribution in [0.3, 0.4) is 0 Å². The van der Waals surface area contributed by atoms with E-state index in [1.165, 1.54) is 0 Å². The minimum absolute atomic E-state index is 0.00144. The van der Waals surface area contributed by atoms with Crippen LogP contribution < -0.4 is 10.6 Å². The topological polar surface area (TPSA) is 41.1 Å². The van der Waals surface area contributed by atoms with Crippen LogP contribution in [0.5, 0.6) is 0 Å². The van der Waals surface area contributed by atoms with Gasteiger partial charge in [0, 0.05) is 12.6 Å². The summed E-state index contributed by atoms with van der Waals surface area (Å²) in [6.45, 7) is 14.3. The molecule has 1 heterocycles. The van der Waals surface area contributed by atoms with E-state index in [0.29, 0.717) is 35.6 Å². The second-order valence-corrected chi connectivity index (χ2v) is 6.76. The average molecular weight is 254 g/mol. The lowest BCUT2D eigenvalue weighted by Gasteiger charge is -2.39. The zero-order valence-electron chi connectivity index (χ0n) is 12.8. The predicted octanol–water partition coefficient (Wildman–Crippen LogP) is 3.26. The summed E-state index contributed by atoms with van der Waals surface area (Å²) in [6, 6.07) is 0.292. The summed E-state index contributed by atoms with van der Waals surface area (Å²) in [5.41, 5.74) is 0. The molecule has 2 amide bonds. The summed E-state index contributed by atoms with van der Waals surface area (Å²) < 4.78 is 0. The molecule has 0 aromatic heterocycles. The van der Waals surface area contributed by atoms with Crippen LogP contribution in [0.4, 0.5) is 4.79 Å². The molecule has 3 atom stereocenters. The quantitative estimate of drug-likeness (QED) is 0.797. The van der Waals surface area contributed by atoms with Gasteiger partial charge in [-0.2, -0.15) is 0 Å². The molecule has 3 nitrogen and oxygen atoms in total. The van der Waals surface area contributed by atoms with Crippen molar-refractivity contribution in [2.45, 2.75) is 54.0 Å². The molecule has 1 rings (SSSR count). The fraction of sp³-hybridized carbons (Fsp3) is 0.933. The van der Waals surface area contributed by atoms with Crippen molar-refractivity contribution in [1.29, 1.82) is 0 Å². The predicted molar refractivity (Wildman–Crippen MR) is 76.4 cm³/mol. The molecule has 0 spiro atoms. The Morgan fingerprint density at radius 3 is 1.94 bits per heavy atom. The van der Waals surface area contributed by atoms with Gasteiger partial charge in [-0.05, 0) is 36.0 Å². The highest BCUT2D eigenvalue weighted by Gasteiger charge is 2.33. The van der Waals surface area contributed by atoms with E-state index >= 15 is 0 Å². The van der Waals surface area contributed by atoms with Gasteiger partial charge >= 0.3 is 6.03 Å². The summed E-state index contributed by atoms with van der Waals surface area (Å²) >= 11 is 0. The first-order chi connectivity index (χ1) is 8.32. The second-order valence-electron chi connectivity index (χ2n) is 6.76. The Morgan fingerprint density at radius 1 is 0.944 bits per heavy atom. The van der Waals surface area contributed by atoms with E-state index < -0.39 is 0 Å². The zero-order chi connectivity index (χ0) is 13.9. The van der Waals surface area contributed by atoms with Gasteiger partial charge in [-0.3, -0.25) is 0 Å². The molecule has 0 radical (unpaired) electrons. The Labute approximate surface area is 112 Å². The van der Waals surface area contributed by atoms with Crippen LogP contribution in [-0.2, 0) is 0 Å². The molecule has 0 bridgehead atoms. The van der Waals surface area contributed by atoms with Crippen LogP contribution in [0.25, 0.3) is 0 Å². The van der Waals surface area contributed by atoms with Crippen molar-refractivity contribution in [3.63, 3.8) is 0 Å². The lowest BCUT2D eigenvalue weighted by Crippen LogP contribution is -2.52. The zero-order valence-corrected chi connectivity index (χ0v) is 12.8. The molecule has 1 aliphatic rings. The Hall–Kier alpha value is -0.730. The van der Waals surface area contributed by atoms with Gasteiger partial charge in [0.2, 0.25) is 0 Å². The molecule has 1 fully saturated rings. The summed E-state index contributed by atoms with van der Waals surface area (Å²) in [4.78, 5) is 11.8. The number of urea groups is 1. The summed E-state index contributed by atoms with van der Waals surface area (Å²) in [5, 5.41) is 6.15. The van der Waals surface area contributed by atoms with Crippen molar-refractivity contribution in [2.75, 3.05) is 6.54 Å². The monoisotopic (exact) mass is 254 g/mol. The Bertz CT molecular complexity index is 274. The number of carbonyl (C=O) groups excluding carboxylic acids is 1. The summed E-state index contributed by atoms with van der Waals surface area (Å²) in [6.07, 6.45) is 1.10. The third-order valence-electron chi connectivity index (χ3n) is 4.41. The van der Waals surface area contributed by atoms with Crippen LogP contribution in [0.15, 0.2) is 0 Å². The van der Waals surface area contributed by atoms with Gasteiger partial charge in [0.1, 0.15) is 0 Å². The average Bonchev–Trinajstić information content (AvgIpc) is 2.21.